The van der Waals surface area contributed by atoms with Gasteiger partial charge in [-0.15, -0.1) is 0 Å². The standard InChI is InChI=1S/C8H16N2O2/c1-6(8(11)12)4-10-3-2-7(9)5-10/h6-7H,2-5,9H2,1H3,(H,11,12)/t6?,7-/m0/s1. The maximum Gasteiger partial charge on any atom is 0.307 e. The number of rotatable bonds is 3. The second-order valence-electron chi connectivity index (χ2n) is 3.55. The van der Waals surface area contributed by atoms with E-state index in [1.807, 2.05) is 0 Å². The van der Waals surface area contributed by atoms with E-state index in [0.717, 1.165) is 19.5 Å². The van der Waals surface area contributed by atoms with Crippen molar-refractivity contribution < 1.29 is 9.90 Å². The van der Waals surface area contributed by atoms with E-state index >= 15 is 0 Å². The lowest BCUT2D eigenvalue weighted by atomic mass is 10.2. The Morgan fingerprint density at radius 2 is 2.50 bits per heavy atom. The van der Waals surface area contributed by atoms with Crippen LogP contribution in [0.3, 0.4) is 0 Å². The highest BCUT2D eigenvalue weighted by molar-refractivity contribution is 5.69. The van der Waals surface area contributed by atoms with Gasteiger partial charge in [0.05, 0.1) is 5.92 Å². The molecule has 0 aliphatic carbocycles. The molecule has 1 heterocycles. The second-order valence-corrected chi connectivity index (χ2v) is 3.55. The minimum Gasteiger partial charge on any atom is -0.481 e. The molecule has 0 amide bonds. The smallest absolute Gasteiger partial charge is 0.307 e. The number of carbonyl (C=O) groups is 1. The summed E-state index contributed by atoms with van der Waals surface area (Å²) in [7, 11) is 0. The largest absolute Gasteiger partial charge is 0.481 e. The Morgan fingerprint density at radius 3 is 2.92 bits per heavy atom. The van der Waals surface area contributed by atoms with E-state index in [-0.39, 0.29) is 12.0 Å². The molecule has 0 saturated carbocycles. The first-order chi connectivity index (χ1) is 5.59. The molecule has 0 bridgehead atoms. The van der Waals surface area contributed by atoms with Crippen molar-refractivity contribution in [3.8, 4) is 0 Å². The lowest BCUT2D eigenvalue weighted by molar-refractivity contribution is -0.141. The molecule has 4 nitrogen and oxygen atoms in total. The lowest BCUT2D eigenvalue weighted by Crippen LogP contribution is -2.32. The third-order valence-electron chi connectivity index (χ3n) is 2.26. The zero-order chi connectivity index (χ0) is 9.14. The molecule has 1 unspecified atom stereocenters. The Bertz CT molecular complexity index is 172. The van der Waals surface area contributed by atoms with Gasteiger partial charge in [0, 0.05) is 19.1 Å². The Balaban J connectivity index is 2.27. The molecule has 3 N–H and O–H groups in total. The first-order valence-corrected chi connectivity index (χ1v) is 4.30. The number of carboxylic acids is 1. The zero-order valence-corrected chi connectivity index (χ0v) is 7.36. The Hall–Kier alpha value is -0.610. The normalized spacial score (nSPS) is 27.3. The highest BCUT2D eigenvalue weighted by atomic mass is 16.4. The molecule has 2 atom stereocenters. The monoisotopic (exact) mass is 172 g/mol. The molecule has 1 aliphatic rings. The van der Waals surface area contributed by atoms with Crippen LogP contribution >= 0.6 is 0 Å². The van der Waals surface area contributed by atoms with Gasteiger partial charge >= 0.3 is 5.97 Å². The molecule has 1 aliphatic heterocycles. The van der Waals surface area contributed by atoms with Crippen molar-refractivity contribution in [3.63, 3.8) is 0 Å². The molecule has 0 spiro atoms. The van der Waals surface area contributed by atoms with Gasteiger partial charge in [-0.05, 0) is 13.0 Å². The molecule has 70 valence electrons. The first kappa shape index (κ1) is 9.48. The maximum atomic E-state index is 10.5. The number of hydrogen-bond acceptors (Lipinski definition) is 3. The fraction of sp³-hybridized carbons (Fsp3) is 0.875. The molecule has 0 aromatic rings. The van der Waals surface area contributed by atoms with Crippen molar-refractivity contribution in [2.24, 2.45) is 11.7 Å². The maximum absolute atomic E-state index is 10.5. The second kappa shape index (κ2) is 3.87. The number of aliphatic carboxylic acids is 1. The summed E-state index contributed by atoms with van der Waals surface area (Å²) < 4.78 is 0. The topological polar surface area (TPSA) is 66.6 Å². The highest BCUT2D eigenvalue weighted by Gasteiger charge is 2.22. The van der Waals surface area contributed by atoms with Crippen LogP contribution in [0.25, 0.3) is 0 Å². The average Bonchev–Trinajstić information content (AvgIpc) is 2.35. The van der Waals surface area contributed by atoms with Crippen LogP contribution < -0.4 is 5.73 Å². The van der Waals surface area contributed by atoms with Crippen LogP contribution in [-0.2, 0) is 4.79 Å². The van der Waals surface area contributed by atoms with Gasteiger partial charge in [0.15, 0.2) is 0 Å². The SMILES string of the molecule is CC(CN1CC[C@H](N)C1)C(=O)O. The van der Waals surface area contributed by atoms with Gasteiger partial charge in [0.2, 0.25) is 0 Å². The fourth-order valence-corrected chi connectivity index (χ4v) is 1.49. The van der Waals surface area contributed by atoms with Gasteiger partial charge in [-0.3, -0.25) is 4.79 Å². The van der Waals surface area contributed by atoms with Crippen LogP contribution in [-0.4, -0.2) is 41.7 Å². The van der Waals surface area contributed by atoms with Gasteiger partial charge < -0.3 is 15.7 Å². The number of carboxylic acid groups (broad SMARTS) is 1. The Morgan fingerprint density at radius 1 is 1.83 bits per heavy atom. The summed E-state index contributed by atoms with van der Waals surface area (Å²) in [6.07, 6.45) is 0.992. The van der Waals surface area contributed by atoms with Crippen LogP contribution in [0.15, 0.2) is 0 Å². The molecule has 4 heteroatoms. The number of hydrogen-bond donors (Lipinski definition) is 2. The summed E-state index contributed by atoms with van der Waals surface area (Å²) in [5.74, 6) is -1.01. The van der Waals surface area contributed by atoms with Crippen LogP contribution in [0.2, 0.25) is 0 Å². The third kappa shape index (κ3) is 2.46. The van der Waals surface area contributed by atoms with Crippen molar-refractivity contribution >= 4 is 5.97 Å². The van der Waals surface area contributed by atoms with E-state index in [9.17, 15) is 4.79 Å². The molecule has 1 saturated heterocycles. The molecule has 0 aromatic carbocycles. The van der Waals surface area contributed by atoms with Gasteiger partial charge in [0.25, 0.3) is 0 Å². The van der Waals surface area contributed by atoms with E-state index in [1.165, 1.54) is 0 Å². The molecule has 1 rings (SSSR count). The summed E-state index contributed by atoms with van der Waals surface area (Å²) in [5, 5.41) is 8.65. The summed E-state index contributed by atoms with van der Waals surface area (Å²) >= 11 is 0. The molecule has 0 aromatic heterocycles. The van der Waals surface area contributed by atoms with Gasteiger partial charge in [-0.1, -0.05) is 6.92 Å². The fourth-order valence-electron chi connectivity index (χ4n) is 1.49. The molecule has 12 heavy (non-hydrogen) atoms. The van der Waals surface area contributed by atoms with E-state index in [4.69, 9.17) is 10.8 Å². The Labute approximate surface area is 72.3 Å². The molecule has 0 radical (unpaired) electrons. The summed E-state index contributed by atoms with van der Waals surface area (Å²) in [6, 6.07) is 0.242. The van der Waals surface area contributed by atoms with Crippen molar-refractivity contribution in [1.29, 1.82) is 0 Å². The lowest BCUT2D eigenvalue weighted by Gasteiger charge is -2.17. The summed E-state index contributed by atoms with van der Waals surface area (Å²) in [6.45, 7) is 4.14. The van der Waals surface area contributed by atoms with Crippen LogP contribution in [0.5, 0.6) is 0 Å². The number of likely N-dealkylation sites (tertiary alicyclic amines) is 1. The van der Waals surface area contributed by atoms with Crippen molar-refractivity contribution in [3.05, 3.63) is 0 Å². The van der Waals surface area contributed by atoms with E-state index in [0.29, 0.717) is 6.54 Å². The first-order valence-electron chi connectivity index (χ1n) is 4.30. The summed E-state index contributed by atoms with van der Waals surface area (Å²) in [5.41, 5.74) is 5.69. The van der Waals surface area contributed by atoms with E-state index < -0.39 is 5.97 Å². The van der Waals surface area contributed by atoms with Gasteiger partial charge in [-0.25, -0.2) is 0 Å². The predicted octanol–water partition coefficient (Wildman–Crippen LogP) is -0.260. The summed E-state index contributed by atoms with van der Waals surface area (Å²) in [4.78, 5) is 12.6. The van der Waals surface area contributed by atoms with Crippen molar-refractivity contribution in [1.82, 2.24) is 4.90 Å². The van der Waals surface area contributed by atoms with Crippen LogP contribution in [0, 0.1) is 5.92 Å². The molecular formula is C8H16N2O2. The van der Waals surface area contributed by atoms with Crippen LogP contribution in [0.4, 0.5) is 0 Å². The third-order valence-corrected chi connectivity index (χ3v) is 2.26. The number of nitrogens with two attached hydrogens (primary N) is 1. The molecular weight excluding hydrogens is 156 g/mol. The average molecular weight is 172 g/mol. The van der Waals surface area contributed by atoms with Gasteiger partial charge in [0.1, 0.15) is 0 Å². The molecule has 1 fully saturated rings. The van der Waals surface area contributed by atoms with E-state index in [2.05, 4.69) is 4.90 Å². The zero-order valence-electron chi connectivity index (χ0n) is 7.36. The quantitative estimate of drug-likeness (QED) is 0.615. The minimum atomic E-state index is -0.726. The van der Waals surface area contributed by atoms with Crippen molar-refractivity contribution in [2.45, 2.75) is 19.4 Å². The highest BCUT2D eigenvalue weighted by Crippen LogP contribution is 2.09. The van der Waals surface area contributed by atoms with Crippen molar-refractivity contribution in [2.75, 3.05) is 19.6 Å². The number of nitrogens with zero attached hydrogens (tertiary/aromatic N) is 1. The predicted molar refractivity (Wildman–Crippen MR) is 45.8 cm³/mol. The minimum absolute atomic E-state index is 0.242. The van der Waals surface area contributed by atoms with Gasteiger partial charge in [-0.2, -0.15) is 0 Å². The Kier molecular flexibility index (Phi) is 3.05. The van der Waals surface area contributed by atoms with E-state index in [1.54, 1.807) is 6.92 Å². The van der Waals surface area contributed by atoms with Crippen LogP contribution in [0.1, 0.15) is 13.3 Å².